The molecule has 0 fully saturated rings. The number of fused-ring (bicyclic) bond motifs is 4. The second kappa shape index (κ2) is 5.02. The van der Waals surface area contributed by atoms with Gasteiger partial charge in [0.25, 0.3) is 0 Å². The Bertz CT molecular complexity index is 1060. The molecule has 1 heterocycles. The Morgan fingerprint density at radius 3 is 2.39 bits per heavy atom. The highest BCUT2D eigenvalue weighted by Crippen LogP contribution is 2.34. The van der Waals surface area contributed by atoms with Crippen LogP contribution in [0.2, 0.25) is 0 Å². The highest BCUT2D eigenvalue weighted by molar-refractivity contribution is 6.19. The average molecular weight is 305 g/mol. The summed E-state index contributed by atoms with van der Waals surface area (Å²) in [5.74, 6) is 0.247. The predicted octanol–water partition coefficient (Wildman–Crippen LogP) is 4.27. The van der Waals surface area contributed by atoms with Gasteiger partial charge in [-0.25, -0.2) is 4.79 Å². The van der Waals surface area contributed by atoms with Crippen molar-refractivity contribution in [2.24, 2.45) is 0 Å². The number of aromatic amines is 1. The Hall–Kier alpha value is -3.01. The number of hydrogen-bond donors (Lipinski definition) is 1. The van der Waals surface area contributed by atoms with E-state index in [9.17, 15) is 4.79 Å². The lowest BCUT2D eigenvalue weighted by atomic mass is 10.0. The van der Waals surface area contributed by atoms with E-state index in [1.807, 2.05) is 18.2 Å². The largest absolute Gasteiger partial charge is 0.497 e. The molecule has 4 heteroatoms. The number of H-pyrrole nitrogens is 1. The summed E-state index contributed by atoms with van der Waals surface area (Å²) in [6.45, 7) is 0. The molecule has 0 unspecified atom stereocenters. The van der Waals surface area contributed by atoms with E-state index in [4.69, 9.17) is 9.47 Å². The zero-order valence-electron chi connectivity index (χ0n) is 12.8. The molecule has 0 bridgehead atoms. The minimum Gasteiger partial charge on any atom is -0.497 e. The Balaban J connectivity index is 2.17. The molecule has 4 aromatic rings. The van der Waals surface area contributed by atoms with Crippen molar-refractivity contribution in [1.29, 1.82) is 0 Å². The molecule has 0 aliphatic carbocycles. The van der Waals surface area contributed by atoms with E-state index in [1.54, 1.807) is 13.2 Å². The lowest BCUT2D eigenvalue weighted by molar-refractivity contribution is 0.0602. The molecule has 0 spiro atoms. The minimum atomic E-state index is -0.372. The molecule has 0 aliphatic heterocycles. The van der Waals surface area contributed by atoms with Crippen LogP contribution in [0.4, 0.5) is 0 Å². The monoisotopic (exact) mass is 305 g/mol. The molecule has 3 aromatic carbocycles. The first-order valence-corrected chi connectivity index (χ1v) is 7.32. The molecular formula is C19H15NO3. The molecule has 0 saturated carbocycles. The fraction of sp³-hybridized carbons (Fsp3) is 0.105. The number of aromatic nitrogens is 1. The molecule has 0 amide bonds. The van der Waals surface area contributed by atoms with Crippen LogP contribution in [0.15, 0.2) is 48.5 Å². The molecule has 0 saturated heterocycles. The quantitative estimate of drug-likeness (QED) is 0.563. The van der Waals surface area contributed by atoms with E-state index in [2.05, 4.69) is 29.2 Å². The highest BCUT2D eigenvalue weighted by Gasteiger charge is 2.17. The van der Waals surface area contributed by atoms with Gasteiger partial charge in [0.05, 0.1) is 25.3 Å². The molecule has 1 N–H and O–H groups in total. The summed E-state index contributed by atoms with van der Waals surface area (Å²) in [7, 11) is 2.97. The number of nitrogens with one attached hydrogen (secondary N) is 1. The third kappa shape index (κ3) is 2.03. The normalized spacial score (nSPS) is 11.2. The molecular weight excluding hydrogens is 290 g/mol. The Morgan fingerprint density at radius 2 is 1.70 bits per heavy atom. The lowest BCUT2D eigenvalue weighted by Gasteiger charge is -2.06. The van der Waals surface area contributed by atoms with E-state index in [0.29, 0.717) is 11.3 Å². The van der Waals surface area contributed by atoms with Gasteiger partial charge in [-0.2, -0.15) is 0 Å². The number of carbonyl (C=O) groups is 1. The third-order valence-electron chi connectivity index (χ3n) is 4.18. The Labute approximate surface area is 132 Å². The van der Waals surface area contributed by atoms with Crippen LogP contribution in [0.3, 0.4) is 0 Å². The average Bonchev–Trinajstić information content (AvgIpc) is 2.95. The van der Waals surface area contributed by atoms with Crippen LogP contribution in [0.1, 0.15) is 10.4 Å². The smallest absolute Gasteiger partial charge is 0.338 e. The third-order valence-corrected chi connectivity index (χ3v) is 4.18. The van der Waals surface area contributed by atoms with Crippen molar-refractivity contribution in [3.63, 3.8) is 0 Å². The zero-order chi connectivity index (χ0) is 16.0. The minimum absolute atomic E-state index is 0.372. The summed E-state index contributed by atoms with van der Waals surface area (Å²) >= 11 is 0. The van der Waals surface area contributed by atoms with Crippen molar-refractivity contribution >= 4 is 38.5 Å². The first-order valence-electron chi connectivity index (χ1n) is 7.32. The van der Waals surface area contributed by atoms with Gasteiger partial charge in [0.2, 0.25) is 0 Å². The number of esters is 1. The van der Waals surface area contributed by atoms with Crippen LogP contribution in [-0.2, 0) is 4.74 Å². The van der Waals surface area contributed by atoms with Gasteiger partial charge in [0, 0.05) is 22.4 Å². The van der Waals surface area contributed by atoms with Crippen molar-refractivity contribution in [2.45, 2.75) is 0 Å². The first-order chi connectivity index (χ1) is 11.2. The van der Waals surface area contributed by atoms with Crippen LogP contribution in [0, 0.1) is 0 Å². The highest BCUT2D eigenvalue weighted by atomic mass is 16.5. The van der Waals surface area contributed by atoms with Gasteiger partial charge in [0.15, 0.2) is 0 Å². The number of ether oxygens (including phenoxy) is 2. The molecule has 1 aromatic heterocycles. The SMILES string of the molecule is COC(=O)c1cc(OC)cc2[nH]c3cc4ccccc4cc3c12. The number of methoxy groups -OCH3 is 2. The van der Waals surface area contributed by atoms with Gasteiger partial charge in [0.1, 0.15) is 5.75 Å². The summed E-state index contributed by atoms with van der Waals surface area (Å²) in [4.78, 5) is 15.6. The number of carbonyl (C=O) groups excluding carboxylic acids is 1. The Morgan fingerprint density at radius 1 is 0.957 bits per heavy atom. The lowest BCUT2D eigenvalue weighted by Crippen LogP contribution is -2.02. The maximum Gasteiger partial charge on any atom is 0.338 e. The molecule has 4 nitrogen and oxygen atoms in total. The van der Waals surface area contributed by atoms with Gasteiger partial charge in [-0.05, 0) is 29.0 Å². The van der Waals surface area contributed by atoms with Gasteiger partial charge >= 0.3 is 5.97 Å². The maximum atomic E-state index is 12.2. The van der Waals surface area contributed by atoms with Crippen LogP contribution < -0.4 is 4.74 Å². The first kappa shape index (κ1) is 13.6. The van der Waals surface area contributed by atoms with Crippen molar-refractivity contribution in [3.8, 4) is 5.75 Å². The molecule has 0 atom stereocenters. The van der Waals surface area contributed by atoms with Crippen molar-refractivity contribution < 1.29 is 14.3 Å². The van der Waals surface area contributed by atoms with Gasteiger partial charge in [-0.15, -0.1) is 0 Å². The Kier molecular flexibility index (Phi) is 2.98. The number of hydrogen-bond acceptors (Lipinski definition) is 3. The van der Waals surface area contributed by atoms with E-state index in [0.717, 1.165) is 32.6 Å². The van der Waals surface area contributed by atoms with Gasteiger partial charge in [-0.1, -0.05) is 24.3 Å². The molecule has 0 aliphatic rings. The number of rotatable bonds is 2. The fourth-order valence-electron chi connectivity index (χ4n) is 3.09. The summed E-state index contributed by atoms with van der Waals surface area (Å²) in [5, 5.41) is 4.14. The molecule has 23 heavy (non-hydrogen) atoms. The zero-order valence-corrected chi connectivity index (χ0v) is 12.8. The van der Waals surface area contributed by atoms with E-state index < -0.39 is 0 Å². The van der Waals surface area contributed by atoms with E-state index in [-0.39, 0.29) is 5.97 Å². The van der Waals surface area contributed by atoms with Crippen LogP contribution >= 0.6 is 0 Å². The second-order valence-electron chi connectivity index (χ2n) is 5.46. The van der Waals surface area contributed by atoms with Crippen LogP contribution in [0.5, 0.6) is 5.75 Å². The summed E-state index contributed by atoms with van der Waals surface area (Å²) < 4.78 is 10.2. The summed E-state index contributed by atoms with van der Waals surface area (Å²) in [6, 6.07) is 16.0. The standard InChI is InChI=1S/C19H15NO3/c1-22-13-9-15(19(21)23-2)18-14-7-11-5-3-4-6-12(11)8-16(14)20-17(18)10-13/h3-10,20H,1-2H3. The van der Waals surface area contributed by atoms with Crippen molar-refractivity contribution in [1.82, 2.24) is 4.98 Å². The van der Waals surface area contributed by atoms with E-state index in [1.165, 1.54) is 7.11 Å². The van der Waals surface area contributed by atoms with Crippen molar-refractivity contribution in [3.05, 3.63) is 54.1 Å². The number of benzene rings is 3. The molecule has 4 rings (SSSR count). The van der Waals surface area contributed by atoms with E-state index >= 15 is 0 Å². The molecule has 114 valence electrons. The van der Waals surface area contributed by atoms with Crippen LogP contribution in [-0.4, -0.2) is 25.2 Å². The van der Waals surface area contributed by atoms with Crippen LogP contribution in [0.25, 0.3) is 32.6 Å². The second-order valence-corrected chi connectivity index (χ2v) is 5.46. The van der Waals surface area contributed by atoms with Crippen molar-refractivity contribution in [2.75, 3.05) is 14.2 Å². The van der Waals surface area contributed by atoms with Gasteiger partial charge in [-0.3, -0.25) is 0 Å². The topological polar surface area (TPSA) is 51.3 Å². The molecule has 0 radical (unpaired) electrons. The summed E-state index contributed by atoms with van der Waals surface area (Å²) in [5.41, 5.74) is 2.34. The summed E-state index contributed by atoms with van der Waals surface area (Å²) in [6.07, 6.45) is 0. The van der Waals surface area contributed by atoms with Gasteiger partial charge < -0.3 is 14.5 Å². The predicted molar refractivity (Wildman–Crippen MR) is 91.2 cm³/mol. The fourth-order valence-corrected chi connectivity index (χ4v) is 3.09. The maximum absolute atomic E-state index is 12.2.